The van der Waals surface area contributed by atoms with Crippen LogP contribution in [0.3, 0.4) is 0 Å². The van der Waals surface area contributed by atoms with Crippen molar-refractivity contribution in [2.75, 3.05) is 6.61 Å². The molecule has 1 aromatic rings. The Hall–Kier alpha value is -1.31. The lowest BCUT2D eigenvalue weighted by Gasteiger charge is -2.13. The lowest BCUT2D eigenvalue weighted by atomic mass is 9.91. The molecule has 1 aliphatic carbocycles. The van der Waals surface area contributed by atoms with Crippen LogP contribution in [0, 0.1) is 5.92 Å². The van der Waals surface area contributed by atoms with Crippen LogP contribution >= 0.6 is 0 Å². The third-order valence-corrected chi connectivity index (χ3v) is 4.47. The first-order valence-corrected chi connectivity index (χ1v) is 7.60. The zero-order valence-corrected chi connectivity index (χ0v) is 11.5. The van der Waals surface area contributed by atoms with Crippen LogP contribution in [-0.4, -0.2) is 12.4 Å². The Morgan fingerprint density at radius 1 is 1.16 bits per heavy atom. The van der Waals surface area contributed by atoms with Gasteiger partial charge in [0.05, 0.1) is 6.61 Å². The van der Waals surface area contributed by atoms with Gasteiger partial charge in [-0.1, -0.05) is 25.0 Å². The average molecular weight is 258 g/mol. The standard InChI is InChI=1S/C17H22O2/c18-16-5-3-1-2-4-14(16)8-6-13-7-9-17-15(12-13)10-11-19-17/h7,9,12,14H,1-6,8,10-11H2. The molecule has 3 rings (SSSR count). The Labute approximate surface area is 115 Å². The van der Waals surface area contributed by atoms with Crippen molar-refractivity contribution < 1.29 is 9.53 Å². The Balaban J connectivity index is 1.60. The third-order valence-electron chi connectivity index (χ3n) is 4.47. The van der Waals surface area contributed by atoms with Crippen molar-refractivity contribution in [3.63, 3.8) is 0 Å². The second-order valence-electron chi connectivity index (χ2n) is 5.84. The quantitative estimate of drug-likeness (QED) is 0.773. The number of fused-ring (bicyclic) bond motifs is 1. The summed E-state index contributed by atoms with van der Waals surface area (Å²) in [6.07, 6.45) is 8.57. The van der Waals surface area contributed by atoms with Crippen LogP contribution in [0.25, 0.3) is 0 Å². The molecule has 0 radical (unpaired) electrons. The Morgan fingerprint density at radius 3 is 3.05 bits per heavy atom. The monoisotopic (exact) mass is 258 g/mol. The maximum absolute atomic E-state index is 12.0. The molecule has 102 valence electrons. The molecule has 0 bridgehead atoms. The number of carbonyl (C=O) groups is 1. The smallest absolute Gasteiger partial charge is 0.135 e. The maximum atomic E-state index is 12.0. The van der Waals surface area contributed by atoms with Crippen molar-refractivity contribution in [2.45, 2.75) is 51.4 Å². The summed E-state index contributed by atoms with van der Waals surface area (Å²) in [7, 11) is 0. The fraction of sp³-hybridized carbons (Fsp3) is 0.588. The highest BCUT2D eigenvalue weighted by atomic mass is 16.5. The molecule has 1 fully saturated rings. The molecule has 0 aromatic heterocycles. The molecule has 0 N–H and O–H groups in total. The molecule has 19 heavy (non-hydrogen) atoms. The molecule has 1 aromatic carbocycles. The zero-order valence-electron chi connectivity index (χ0n) is 11.5. The van der Waals surface area contributed by atoms with Gasteiger partial charge in [0.15, 0.2) is 0 Å². The van der Waals surface area contributed by atoms with E-state index >= 15 is 0 Å². The average Bonchev–Trinajstić information content (AvgIpc) is 2.79. The van der Waals surface area contributed by atoms with E-state index < -0.39 is 0 Å². The topological polar surface area (TPSA) is 26.3 Å². The largest absolute Gasteiger partial charge is 0.493 e. The van der Waals surface area contributed by atoms with Crippen molar-refractivity contribution in [1.29, 1.82) is 0 Å². The minimum absolute atomic E-state index is 0.312. The van der Waals surface area contributed by atoms with Gasteiger partial charge in [-0.05, 0) is 42.9 Å². The van der Waals surface area contributed by atoms with E-state index in [0.29, 0.717) is 11.7 Å². The highest BCUT2D eigenvalue weighted by Gasteiger charge is 2.20. The molecule has 1 heterocycles. The van der Waals surface area contributed by atoms with E-state index in [2.05, 4.69) is 18.2 Å². The van der Waals surface area contributed by atoms with E-state index in [-0.39, 0.29) is 0 Å². The van der Waals surface area contributed by atoms with Gasteiger partial charge in [-0.15, -0.1) is 0 Å². The predicted molar refractivity (Wildman–Crippen MR) is 75.5 cm³/mol. The summed E-state index contributed by atoms with van der Waals surface area (Å²) >= 11 is 0. The molecular formula is C17H22O2. The van der Waals surface area contributed by atoms with Gasteiger partial charge < -0.3 is 4.74 Å². The summed E-state index contributed by atoms with van der Waals surface area (Å²) in [6, 6.07) is 6.52. The number of Topliss-reactive ketones (excluding diaryl/α,β-unsaturated/α-hetero) is 1. The number of hydrogen-bond donors (Lipinski definition) is 0. The molecule has 0 saturated heterocycles. The molecule has 1 aliphatic heterocycles. The van der Waals surface area contributed by atoms with E-state index in [0.717, 1.165) is 50.9 Å². The lowest BCUT2D eigenvalue weighted by molar-refractivity contribution is -0.122. The summed E-state index contributed by atoms with van der Waals surface area (Å²) in [5.41, 5.74) is 2.70. The molecule has 0 amide bonds. The Kier molecular flexibility index (Phi) is 3.86. The van der Waals surface area contributed by atoms with Gasteiger partial charge in [0.25, 0.3) is 0 Å². The highest BCUT2D eigenvalue weighted by Crippen LogP contribution is 2.28. The molecule has 2 nitrogen and oxygen atoms in total. The minimum Gasteiger partial charge on any atom is -0.493 e. The molecule has 2 aliphatic rings. The molecule has 1 saturated carbocycles. The van der Waals surface area contributed by atoms with E-state index in [1.807, 2.05) is 0 Å². The van der Waals surface area contributed by atoms with Crippen molar-refractivity contribution in [3.8, 4) is 5.75 Å². The fourth-order valence-electron chi connectivity index (χ4n) is 3.27. The molecule has 2 heteroatoms. The van der Waals surface area contributed by atoms with Crippen LogP contribution < -0.4 is 4.74 Å². The summed E-state index contributed by atoms with van der Waals surface area (Å²) in [6.45, 7) is 0.819. The number of ether oxygens (including phenoxy) is 1. The Bertz CT molecular complexity index is 464. The van der Waals surface area contributed by atoms with Gasteiger partial charge in [-0.2, -0.15) is 0 Å². The second kappa shape index (κ2) is 5.77. The van der Waals surface area contributed by atoms with Gasteiger partial charge >= 0.3 is 0 Å². The van der Waals surface area contributed by atoms with E-state index in [1.54, 1.807) is 0 Å². The summed E-state index contributed by atoms with van der Waals surface area (Å²) < 4.78 is 5.53. The molecule has 1 atom stereocenters. The number of hydrogen-bond acceptors (Lipinski definition) is 2. The van der Waals surface area contributed by atoms with Gasteiger partial charge in [-0.3, -0.25) is 4.79 Å². The van der Waals surface area contributed by atoms with Crippen LogP contribution in [-0.2, 0) is 17.6 Å². The number of aryl methyl sites for hydroxylation is 1. The van der Waals surface area contributed by atoms with Gasteiger partial charge in [-0.25, -0.2) is 0 Å². The summed E-state index contributed by atoms with van der Waals surface area (Å²) in [5.74, 6) is 1.86. The van der Waals surface area contributed by atoms with E-state index in [9.17, 15) is 4.79 Å². The van der Waals surface area contributed by atoms with Crippen molar-refractivity contribution in [3.05, 3.63) is 29.3 Å². The SMILES string of the molecule is O=C1CCCCCC1CCc1ccc2c(c1)CCO2. The van der Waals surface area contributed by atoms with E-state index in [1.165, 1.54) is 24.0 Å². The Morgan fingerprint density at radius 2 is 2.11 bits per heavy atom. The molecule has 1 unspecified atom stereocenters. The maximum Gasteiger partial charge on any atom is 0.135 e. The third kappa shape index (κ3) is 2.99. The minimum atomic E-state index is 0.312. The number of benzene rings is 1. The van der Waals surface area contributed by atoms with Gasteiger partial charge in [0, 0.05) is 18.8 Å². The summed E-state index contributed by atoms with van der Waals surface area (Å²) in [4.78, 5) is 12.0. The fourth-order valence-corrected chi connectivity index (χ4v) is 3.27. The first-order valence-electron chi connectivity index (χ1n) is 7.60. The van der Waals surface area contributed by atoms with Crippen LogP contribution in [0.4, 0.5) is 0 Å². The number of carbonyl (C=O) groups excluding carboxylic acids is 1. The first-order chi connectivity index (χ1) is 9.33. The molecule has 0 spiro atoms. The number of rotatable bonds is 3. The van der Waals surface area contributed by atoms with Crippen LogP contribution in [0.5, 0.6) is 5.75 Å². The van der Waals surface area contributed by atoms with Gasteiger partial charge in [0.1, 0.15) is 11.5 Å². The van der Waals surface area contributed by atoms with Crippen molar-refractivity contribution in [2.24, 2.45) is 5.92 Å². The normalized spacial score (nSPS) is 22.7. The predicted octanol–water partition coefficient (Wildman–Crippen LogP) is 3.70. The van der Waals surface area contributed by atoms with Crippen LogP contribution in [0.1, 0.15) is 49.7 Å². The van der Waals surface area contributed by atoms with Crippen LogP contribution in [0.2, 0.25) is 0 Å². The van der Waals surface area contributed by atoms with Gasteiger partial charge in [0.2, 0.25) is 0 Å². The van der Waals surface area contributed by atoms with Crippen molar-refractivity contribution in [1.82, 2.24) is 0 Å². The van der Waals surface area contributed by atoms with E-state index in [4.69, 9.17) is 4.74 Å². The van der Waals surface area contributed by atoms with Crippen molar-refractivity contribution >= 4 is 5.78 Å². The molecular weight excluding hydrogens is 236 g/mol. The lowest BCUT2D eigenvalue weighted by Crippen LogP contribution is -2.13. The highest BCUT2D eigenvalue weighted by molar-refractivity contribution is 5.81. The second-order valence-corrected chi connectivity index (χ2v) is 5.84. The zero-order chi connectivity index (χ0) is 13.1. The first kappa shape index (κ1) is 12.7. The number of ketones is 1. The van der Waals surface area contributed by atoms with Crippen LogP contribution in [0.15, 0.2) is 18.2 Å². The summed E-state index contributed by atoms with van der Waals surface area (Å²) in [5, 5.41) is 0.